The van der Waals surface area contributed by atoms with Crippen LogP contribution >= 0.6 is 11.8 Å². The van der Waals surface area contributed by atoms with Crippen LogP contribution in [0.15, 0.2) is 114 Å². The summed E-state index contributed by atoms with van der Waals surface area (Å²) in [6.07, 6.45) is 1.48. The highest BCUT2D eigenvalue weighted by atomic mass is 32.2. The summed E-state index contributed by atoms with van der Waals surface area (Å²) in [5.41, 5.74) is 3.25. The number of thioether (sulfide) groups is 1. The molecule has 0 spiro atoms. The van der Waals surface area contributed by atoms with E-state index in [9.17, 15) is 18.8 Å². The Bertz CT molecular complexity index is 1520. The van der Waals surface area contributed by atoms with Gasteiger partial charge in [0.05, 0.1) is 5.25 Å². The number of anilines is 2. The van der Waals surface area contributed by atoms with E-state index in [0.29, 0.717) is 16.8 Å². The molecule has 0 bridgehead atoms. The van der Waals surface area contributed by atoms with Gasteiger partial charge in [-0.3, -0.25) is 14.4 Å². The molecule has 3 N–H and O–H groups in total. The SMILES string of the molecule is Cc1cccc(NC(=O)C(C)Sc2ccc(NC(=O)/C(=C/c3ccc(F)cc3)NC(=O)c3ccccc3)cc2)c1. The first-order chi connectivity index (χ1) is 19.3. The van der Waals surface area contributed by atoms with Crippen molar-refractivity contribution in [1.82, 2.24) is 5.32 Å². The first-order valence-corrected chi connectivity index (χ1v) is 13.4. The molecular formula is C32H28FN3O3S. The Morgan fingerprint density at radius 2 is 1.50 bits per heavy atom. The lowest BCUT2D eigenvalue weighted by atomic mass is 10.1. The lowest BCUT2D eigenvalue weighted by Crippen LogP contribution is -2.30. The van der Waals surface area contributed by atoms with E-state index in [-0.39, 0.29) is 16.9 Å². The van der Waals surface area contributed by atoms with Crippen LogP contribution in [0.1, 0.15) is 28.4 Å². The van der Waals surface area contributed by atoms with Gasteiger partial charge in [-0.15, -0.1) is 11.8 Å². The number of amides is 3. The molecule has 8 heteroatoms. The van der Waals surface area contributed by atoms with Crippen molar-refractivity contribution in [3.8, 4) is 0 Å². The Morgan fingerprint density at radius 1 is 0.800 bits per heavy atom. The van der Waals surface area contributed by atoms with Crippen molar-refractivity contribution < 1.29 is 18.8 Å². The molecular weight excluding hydrogens is 525 g/mol. The lowest BCUT2D eigenvalue weighted by molar-refractivity contribution is -0.115. The minimum atomic E-state index is -0.542. The Kier molecular flexibility index (Phi) is 9.48. The third-order valence-corrected chi connectivity index (χ3v) is 6.90. The van der Waals surface area contributed by atoms with Crippen LogP contribution in [0.4, 0.5) is 15.8 Å². The molecule has 0 aliphatic carbocycles. The first-order valence-electron chi connectivity index (χ1n) is 12.6. The molecule has 40 heavy (non-hydrogen) atoms. The summed E-state index contributed by atoms with van der Waals surface area (Å²) in [5.74, 6) is -1.51. The van der Waals surface area contributed by atoms with Gasteiger partial charge in [-0.05, 0) is 91.7 Å². The van der Waals surface area contributed by atoms with Gasteiger partial charge in [0.1, 0.15) is 11.5 Å². The maximum absolute atomic E-state index is 13.4. The fourth-order valence-electron chi connectivity index (χ4n) is 3.71. The van der Waals surface area contributed by atoms with E-state index >= 15 is 0 Å². The summed E-state index contributed by atoms with van der Waals surface area (Å²) in [7, 11) is 0. The van der Waals surface area contributed by atoms with Crippen LogP contribution in [0.2, 0.25) is 0 Å². The average molecular weight is 554 g/mol. The minimum Gasteiger partial charge on any atom is -0.325 e. The van der Waals surface area contributed by atoms with Crippen molar-refractivity contribution >= 4 is 46.9 Å². The monoisotopic (exact) mass is 553 g/mol. The van der Waals surface area contributed by atoms with E-state index in [1.807, 2.05) is 50.2 Å². The van der Waals surface area contributed by atoms with E-state index in [4.69, 9.17) is 0 Å². The fourth-order valence-corrected chi connectivity index (χ4v) is 4.58. The average Bonchev–Trinajstić information content (AvgIpc) is 2.95. The maximum atomic E-state index is 13.4. The van der Waals surface area contributed by atoms with Crippen LogP contribution in [0.3, 0.4) is 0 Å². The van der Waals surface area contributed by atoms with Gasteiger partial charge in [0, 0.05) is 21.8 Å². The summed E-state index contributed by atoms with van der Waals surface area (Å²) in [5, 5.41) is 8.02. The number of carbonyl (C=O) groups is 3. The lowest BCUT2D eigenvalue weighted by Gasteiger charge is -2.14. The standard InChI is InChI=1S/C32H28FN3O3S/c1-21-7-6-10-27(19-21)35-30(37)22(2)40-28-17-15-26(16-18-28)34-32(39)29(20-23-11-13-25(33)14-12-23)36-31(38)24-8-4-3-5-9-24/h3-20,22H,1-2H3,(H,34,39)(H,35,37)(H,36,38)/b29-20-. The smallest absolute Gasteiger partial charge is 0.272 e. The second kappa shape index (κ2) is 13.4. The summed E-state index contributed by atoms with van der Waals surface area (Å²) in [6.45, 7) is 3.79. The third kappa shape index (κ3) is 8.15. The molecule has 0 fully saturated rings. The van der Waals surface area contributed by atoms with Crippen LogP contribution < -0.4 is 16.0 Å². The van der Waals surface area contributed by atoms with Crippen LogP contribution in [-0.2, 0) is 9.59 Å². The van der Waals surface area contributed by atoms with Crippen molar-refractivity contribution in [3.05, 3.63) is 131 Å². The van der Waals surface area contributed by atoms with Crippen LogP contribution in [0.25, 0.3) is 6.08 Å². The molecule has 0 radical (unpaired) electrons. The first kappa shape index (κ1) is 28.3. The molecule has 1 atom stereocenters. The Morgan fingerprint density at radius 3 is 2.17 bits per heavy atom. The van der Waals surface area contributed by atoms with Crippen molar-refractivity contribution in [1.29, 1.82) is 0 Å². The largest absolute Gasteiger partial charge is 0.325 e. The second-order valence-corrected chi connectivity index (χ2v) is 10.4. The summed E-state index contributed by atoms with van der Waals surface area (Å²) < 4.78 is 13.4. The van der Waals surface area contributed by atoms with E-state index in [1.54, 1.807) is 42.5 Å². The van der Waals surface area contributed by atoms with E-state index in [2.05, 4.69) is 16.0 Å². The Labute approximate surface area is 236 Å². The van der Waals surface area contributed by atoms with Gasteiger partial charge >= 0.3 is 0 Å². The summed E-state index contributed by atoms with van der Waals surface area (Å²) in [6, 6.07) is 28.8. The Hall–Kier alpha value is -4.69. The second-order valence-electron chi connectivity index (χ2n) is 9.03. The molecule has 202 valence electrons. The third-order valence-electron chi connectivity index (χ3n) is 5.79. The zero-order valence-corrected chi connectivity index (χ0v) is 22.8. The topological polar surface area (TPSA) is 87.3 Å². The number of carbonyl (C=O) groups excluding carboxylic acids is 3. The van der Waals surface area contributed by atoms with Gasteiger partial charge in [0.25, 0.3) is 11.8 Å². The maximum Gasteiger partial charge on any atom is 0.272 e. The molecule has 0 saturated heterocycles. The quantitative estimate of drug-likeness (QED) is 0.160. The van der Waals surface area contributed by atoms with Crippen molar-refractivity contribution in [2.24, 2.45) is 0 Å². The summed E-state index contributed by atoms with van der Waals surface area (Å²) >= 11 is 1.39. The number of hydrogen-bond acceptors (Lipinski definition) is 4. The molecule has 4 aromatic rings. The van der Waals surface area contributed by atoms with E-state index in [1.165, 1.54) is 42.1 Å². The molecule has 6 nitrogen and oxygen atoms in total. The van der Waals surface area contributed by atoms with Crippen LogP contribution in [-0.4, -0.2) is 23.0 Å². The van der Waals surface area contributed by atoms with Gasteiger partial charge in [-0.1, -0.05) is 42.5 Å². The molecule has 0 heterocycles. The molecule has 4 rings (SSSR count). The van der Waals surface area contributed by atoms with Crippen molar-refractivity contribution in [2.75, 3.05) is 10.6 Å². The van der Waals surface area contributed by atoms with E-state index in [0.717, 1.165) is 16.1 Å². The van der Waals surface area contributed by atoms with Gasteiger partial charge in [-0.2, -0.15) is 0 Å². The van der Waals surface area contributed by atoms with Gasteiger partial charge in [-0.25, -0.2) is 4.39 Å². The van der Waals surface area contributed by atoms with Gasteiger partial charge in [0.15, 0.2) is 0 Å². The molecule has 0 aliphatic heterocycles. The number of rotatable bonds is 9. The highest BCUT2D eigenvalue weighted by Gasteiger charge is 2.17. The highest BCUT2D eigenvalue weighted by molar-refractivity contribution is 8.00. The fraction of sp³-hybridized carbons (Fsp3) is 0.0938. The molecule has 0 aliphatic rings. The number of nitrogens with one attached hydrogen (secondary N) is 3. The number of hydrogen-bond donors (Lipinski definition) is 3. The molecule has 1 unspecified atom stereocenters. The van der Waals surface area contributed by atoms with Gasteiger partial charge < -0.3 is 16.0 Å². The van der Waals surface area contributed by atoms with Gasteiger partial charge in [0.2, 0.25) is 5.91 Å². The normalized spacial score (nSPS) is 11.8. The van der Waals surface area contributed by atoms with E-state index < -0.39 is 17.6 Å². The number of halogens is 1. The van der Waals surface area contributed by atoms with Crippen molar-refractivity contribution in [3.63, 3.8) is 0 Å². The molecule has 0 aromatic heterocycles. The predicted octanol–water partition coefficient (Wildman–Crippen LogP) is 6.66. The Balaban J connectivity index is 1.42. The zero-order valence-electron chi connectivity index (χ0n) is 22.0. The highest BCUT2D eigenvalue weighted by Crippen LogP contribution is 2.26. The van der Waals surface area contributed by atoms with Crippen LogP contribution in [0, 0.1) is 12.7 Å². The van der Waals surface area contributed by atoms with Crippen molar-refractivity contribution in [2.45, 2.75) is 24.0 Å². The molecule has 4 aromatic carbocycles. The summed E-state index contributed by atoms with van der Waals surface area (Å²) in [4.78, 5) is 39.4. The zero-order chi connectivity index (χ0) is 28.5. The predicted molar refractivity (Wildman–Crippen MR) is 158 cm³/mol. The minimum absolute atomic E-state index is 0.000328. The molecule has 3 amide bonds. The molecule has 0 saturated carbocycles. The van der Waals surface area contributed by atoms with Crippen LogP contribution in [0.5, 0.6) is 0 Å². The number of aryl methyl sites for hydroxylation is 1. The number of benzene rings is 4.